The molecule has 0 radical (unpaired) electrons. The van der Waals surface area contributed by atoms with Crippen LogP contribution in [0.1, 0.15) is 6.92 Å². The van der Waals surface area contributed by atoms with Crippen LogP contribution in [0.25, 0.3) is 0 Å². The van der Waals surface area contributed by atoms with Crippen molar-refractivity contribution in [2.45, 2.75) is 18.2 Å². The van der Waals surface area contributed by atoms with E-state index in [1.54, 1.807) is 6.07 Å². The van der Waals surface area contributed by atoms with Gasteiger partial charge in [0.05, 0.1) is 12.7 Å². The number of thioether (sulfide) groups is 1. The van der Waals surface area contributed by atoms with Crippen LogP contribution in [0.5, 0.6) is 0 Å². The lowest BCUT2D eigenvalue weighted by Crippen LogP contribution is -2.45. The molecule has 1 aliphatic rings. The van der Waals surface area contributed by atoms with Gasteiger partial charge in [-0.05, 0) is 12.8 Å². The van der Waals surface area contributed by atoms with E-state index >= 15 is 0 Å². The minimum atomic E-state index is 0.197. The van der Waals surface area contributed by atoms with Crippen LogP contribution in [0.3, 0.4) is 0 Å². The molecule has 0 spiro atoms. The molecule has 0 bridgehead atoms. The van der Waals surface area contributed by atoms with Crippen molar-refractivity contribution < 1.29 is 4.74 Å². The summed E-state index contributed by atoms with van der Waals surface area (Å²) in [5.41, 5.74) is 5.74. The first kappa shape index (κ1) is 14.4. The van der Waals surface area contributed by atoms with Gasteiger partial charge >= 0.3 is 0 Å². The van der Waals surface area contributed by atoms with Crippen LogP contribution in [0.15, 0.2) is 11.2 Å². The molecule has 1 aromatic heterocycles. The summed E-state index contributed by atoms with van der Waals surface area (Å²) in [5, 5.41) is 3.96. The van der Waals surface area contributed by atoms with Gasteiger partial charge in [0, 0.05) is 25.7 Å². The minimum absolute atomic E-state index is 0.197. The highest BCUT2D eigenvalue weighted by Gasteiger charge is 2.19. The van der Waals surface area contributed by atoms with Crippen LogP contribution in [0.2, 0.25) is 0 Å². The topological polar surface area (TPSA) is 76.3 Å². The van der Waals surface area contributed by atoms with Gasteiger partial charge in [-0.2, -0.15) is 0 Å². The largest absolute Gasteiger partial charge is 0.383 e. The lowest BCUT2D eigenvalue weighted by molar-refractivity contribution is -0.0192. The second-order valence-corrected chi connectivity index (χ2v) is 5.21. The molecule has 1 aliphatic heterocycles. The summed E-state index contributed by atoms with van der Waals surface area (Å²) in [6, 6.07) is 1.75. The van der Waals surface area contributed by atoms with Crippen molar-refractivity contribution in [2.75, 3.05) is 50.1 Å². The van der Waals surface area contributed by atoms with E-state index in [4.69, 9.17) is 10.5 Å². The Kier molecular flexibility index (Phi) is 5.24. The Morgan fingerprint density at radius 1 is 1.58 bits per heavy atom. The van der Waals surface area contributed by atoms with Gasteiger partial charge in [0.15, 0.2) is 5.16 Å². The average molecular weight is 283 g/mol. The maximum Gasteiger partial charge on any atom is 0.191 e. The minimum Gasteiger partial charge on any atom is -0.383 e. The molecule has 1 unspecified atom stereocenters. The van der Waals surface area contributed by atoms with E-state index in [0.717, 1.165) is 38.6 Å². The highest BCUT2D eigenvalue weighted by Crippen LogP contribution is 2.15. The van der Waals surface area contributed by atoms with Gasteiger partial charge in [-0.15, -0.1) is 0 Å². The number of likely N-dealkylation sites (N-methyl/N-ethyl adjacent to an activating group) is 1. The Morgan fingerprint density at radius 2 is 2.42 bits per heavy atom. The van der Waals surface area contributed by atoms with E-state index in [1.165, 1.54) is 11.8 Å². The lowest BCUT2D eigenvalue weighted by atomic mass is 10.2. The summed E-state index contributed by atoms with van der Waals surface area (Å²) in [7, 11) is 0. The highest BCUT2D eigenvalue weighted by molar-refractivity contribution is 7.98. The number of hydrogen-bond acceptors (Lipinski definition) is 7. The first-order valence-corrected chi connectivity index (χ1v) is 7.70. The number of nitrogen functional groups attached to an aromatic ring is 1. The molecular formula is C12H21N5OS. The molecule has 0 saturated carbocycles. The lowest BCUT2D eigenvalue weighted by Gasteiger charge is -2.32. The maximum atomic E-state index is 5.74. The van der Waals surface area contributed by atoms with Gasteiger partial charge in [-0.3, -0.25) is 4.90 Å². The second kappa shape index (κ2) is 6.93. The monoisotopic (exact) mass is 283 g/mol. The number of anilines is 2. The Hall–Kier alpha value is -1.05. The summed E-state index contributed by atoms with van der Waals surface area (Å²) in [4.78, 5) is 10.9. The van der Waals surface area contributed by atoms with Crippen LogP contribution in [-0.2, 0) is 4.74 Å². The quantitative estimate of drug-likeness (QED) is 0.614. The Balaban J connectivity index is 1.89. The zero-order valence-electron chi connectivity index (χ0n) is 11.4. The molecular weight excluding hydrogens is 262 g/mol. The second-order valence-electron chi connectivity index (χ2n) is 4.43. The van der Waals surface area contributed by atoms with Gasteiger partial charge < -0.3 is 15.8 Å². The van der Waals surface area contributed by atoms with Crippen LogP contribution < -0.4 is 11.1 Å². The molecule has 7 heteroatoms. The van der Waals surface area contributed by atoms with E-state index in [2.05, 4.69) is 27.1 Å². The van der Waals surface area contributed by atoms with E-state index in [0.29, 0.717) is 11.0 Å². The molecule has 1 fully saturated rings. The molecule has 0 amide bonds. The molecule has 19 heavy (non-hydrogen) atoms. The zero-order valence-corrected chi connectivity index (χ0v) is 12.2. The first-order valence-electron chi connectivity index (χ1n) is 6.47. The molecule has 0 aliphatic carbocycles. The maximum absolute atomic E-state index is 5.74. The third kappa shape index (κ3) is 4.22. The summed E-state index contributed by atoms with van der Waals surface area (Å²) in [6.45, 7) is 6.75. The molecule has 3 N–H and O–H groups in total. The normalized spacial score (nSPS) is 20.4. The predicted molar refractivity (Wildman–Crippen MR) is 78.6 cm³/mol. The number of aromatic nitrogens is 2. The fraction of sp³-hybridized carbons (Fsp3) is 0.667. The molecule has 1 saturated heterocycles. The van der Waals surface area contributed by atoms with Crippen LogP contribution in [0.4, 0.5) is 11.6 Å². The molecule has 6 nitrogen and oxygen atoms in total. The third-order valence-corrected chi connectivity index (χ3v) is 3.64. The molecule has 0 aromatic carbocycles. The molecule has 1 atom stereocenters. The van der Waals surface area contributed by atoms with Crippen LogP contribution in [-0.4, -0.2) is 60.0 Å². The number of ether oxygens (including phenoxy) is 1. The fourth-order valence-electron chi connectivity index (χ4n) is 2.03. The van der Waals surface area contributed by atoms with Crippen LogP contribution in [0, 0.1) is 0 Å². The van der Waals surface area contributed by atoms with E-state index in [1.807, 2.05) is 6.26 Å². The van der Waals surface area contributed by atoms with Crippen molar-refractivity contribution in [2.24, 2.45) is 0 Å². The number of rotatable bonds is 5. The Bertz CT molecular complexity index is 417. The fourth-order valence-corrected chi connectivity index (χ4v) is 2.42. The summed E-state index contributed by atoms with van der Waals surface area (Å²) >= 11 is 1.48. The van der Waals surface area contributed by atoms with Gasteiger partial charge in [-0.1, -0.05) is 18.7 Å². The average Bonchev–Trinajstić information content (AvgIpc) is 2.44. The highest BCUT2D eigenvalue weighted by atomic mass is 32.2. The van der Waals surface area contributed by atoms with Gasteiger partial charge in [0.2, 0.25) is 0 Å². The van der Waals surface area contributed by atoms with Crippen molar-refractivity contribution in [1.82, 2.24) is 14.9 Å². The number of nitrogens with two attached hydrogens (primary N) is 1. The van der Waals surface area contributed by atoms with Crippen LogP contribution >= 0.6 is 11.8 Å². The summed E-state index contributed by atoms with van der Waals surface area (Å²) in [5.74, 6) is 1.25. The van der Waals surface area contributed by atoms with E-state index in [9.17, 15) is 0 Å². The Morgan fingerprint density at radius 3 is 3.16 bits per heavy atom. The predicted octanol–water partition coefficient (Wildman–Crippen LogP) is 0.913. The van der Waals surface area contributed by atoms with Crippen molar-refractivity contribution in [3.8, 4) is 0 Å². The van der Waals surface area contributed by atoms with Gasteiger partial charge in [0.1, 0.15) is 11.6 Å². The number of nitrogens with zero attached hydrogens (tertiary/aromatic N) is 3. The van der Waals surface area contributed by atoms with Crippen molar-refractivity contribution in [3.63, 3.8) is 0 Å². The van der Waals surface area contributed by atoms with Gasteiger partial charge in [0.25, 0.3) is 0 Å². The Labute approximate surface area is 118 Å². The van der Waals surface area contributed by atoms with Crippen molar-refractivity contribution in [3.05, 3.63) is 6.07 Å². The standard InChI is InChI=1S/C12H21N5OS/c1-3-17-4-5-18-9(8-17)7-14-11-6-10(13)15-12(16-11)19-2/h6,9H,3-5,7-8H2,1-2H3,(H3,13,14,15,16). The van der Waals surface area contributed by atoms with E-state index in [-0.39, 0.29) is 6.10 Å². The number of morpholine rings is 1. The molecule has 106 valence electrons. The summed E-state index contributed by atoms with van der Waals surface area (Å²) < 4.78 is 5.73. The van der Waals surface area contributed by atoms with Crippen molar-refractivity contribution in [1.29, 1.82) is 0 Å². The van der Waals surface area contributed by atoms with E-state index < -0.39 is 0 Å². The first-order chi connectivity index (χ1) is 9.21. The smallest absolute Gasteiger partial charge is 0.191 e. The third-order valence-electron chi connectivity index (χ3n) is 3.09. The number of hydrogen-bond donors (Lipinski definition) is 2. The molecule has 1 aromatic rings. The molecule has 2 heterocycles. The number of nitrogens with one attached hydrogen (secondary N) is 1. The SMILES string of the molecule is CCN1CCOC(CNc2cc(N)nc(SC)n2)C1. The zero-order chi connectivity index (χ0) is 13.7. The summed E-state index contributed by atoms with van der Waals surface area (Å²) in [6.07, 6.45) is 2.13. The molecule has 2 rings (SSSR count). The van der Waals surface area contributed by atoms with Crippen molar-refractivity contribution >= 4 is 23.4 Å². The van der Waals surface area contributed by atoms with Gasteiger partial charge in [-0.25, -0.2) is 9.97 Å².